The molecule has 0 spiro atoms. The molecule has 4 heterocycles. The number of piperidine rings is 1. The zero-order valence-electron chi connectivity index (χ0n) is 18.7. The summed E-state index contributed by atoms with van der Waals surface area (Å²) in [6, 6.07) is 10.7. The van der Waals surface area contributed by atoms with Crippen molar-refractivity contribution in [2.24, 2.45) is 0 Å². The zero-order chi connectivity index (χ0) is 24.5. The zero-order valence-corrected chi connectivity index (χ0v) is 19.5. The van der Waals surface area contributed by atoms with Gasteiger partial charge < -0.3 is 4.90 Å². The predicted octanol–water partition coefficient (Wildman–Crippen LogP) is 1.76. The first kappa shape index (κ1) is 22.5. The summed E-state index contributed by atoms with van der Waals surface area (Å²) in [6.07, 6.45) is 4.89. The molecule has 0 bridgehead atoms. The summed E-state index contributed by atoms with van der Waals surface area (Å²) in [7, 11) is 1.68. The molecule has 1 atom stereocenters. The number of hydrogen-bond donors (Lipinski definition) is 1. The Morgan fingerprint density at radius 2 is 1.86 bits per heavy atom. The molecule has 1 fully saturated rings. The molecule has 2 aromatic heterocycles. The first-order valence-corrected chi connectivity index (χ1v) is 11.7. The number of nitrogens with zero attached hydrogens (tertiary/aromatic N) is 5. The topological polar surface area (TPSA) is 125 Å². The Labute approximate surface area is 204 Å². The second-order valence-electron chi connectivity index (χ2n) is 8.19. The maximum atomic E-state index is 13.0. The summed E-state index contributed by atoms with van der Waals surface area (Å²) in [6.45, 7) is 0.260. The van der Waals surface area contributed by atoms with Crippen molar-refractivity contribution in [1.82, 2.24) is 29.5 Å². The summed E-state index contributed by atoms with van der Waals surface area (Å²) in [5.41, 5.74) is 3.08. The number of amides is 4. The van der Waals surface area contributed by atoms with Gasteiger partial charge in [-0.05, 0) is 47.3 Å². The summed E-state index contributed by atoms with van der Waals surface area (Å²) in [4.78, 5) is 60.3. The second-order valence-corrected chi connectivity index (χ2v) is 9.03. The second kappa shape index (κ2) is 9.18. The minimum Gasteiger partial charge on any atom is -0.363 e. The molecule has 0 aliphatic carbocycles. The third-order valence-corrected chi connectivity index (χ3v) is 6.54. The standard InChI is InChI=1S/C24H20N6O4S/c1-29(18-12-21(32)30(24(18)34)17-5-6-19(31)26-23(17)33)13-20-27-22(28-35-20)16-4-2-3-15(11-16)14-7-9-25-10-8-14/h2-4,7-12,17H,5-6,13H2,1H3,(H,26,31,33). The van der Waals surface area contributed by atoms with Gasteiger partial charge in [0.15, 0.2) is 5.82 Å². The van der Waals surface area contributed by atoms with E-state index in [0.29, 0.717) is 10.8 Å². The maximum absolute atomic E-state index is 13.0. The van der Waals surface area contributed by atoms with Crippen LogP contribution in [0.5, 0.6) is 0 Å². The molecule has 5 rings (SSSR count). The van der Waals surface area contributed by atoms with Gasteiger partial charge in [0.2, 0.25) is 11.8 Å². The van der Waals surface area contributed by atoms with Crippen molar-refractivity contribution in [2.45, 2.75) is 25.4 Å². The Morgan fingerprint density at radius 1 is 1.09 bits per heavy atom. The van der Waals surface area contributed by atoms with Gasteiger partial charge in [0.1, 0.15) is 16.7 Å². The summed E-state index contributed by atoms with van der Waals surface area (Å²) in [5, 5.41) is 2.85. The molecule has 1 unspecified atom stereocenters. The molecule has 1 saturated heterocycles. The highest BCUT2D eigenvalue weighted by molar-refractivity contribution is 7.05. The lowest BCUT2D eigenvalue weighted by Gasteiger charge is -2.29. The van der Waals surface area contributed by atoms with Crippen LogP contribution in [0.3, 0.4) is 0 Å². The van der Waals surface area contributed by atoms with Crippen LogP contribution in [-0.2, 0) is 25.7 Å². The van der Waals surface area contributed by atoms with Gasteiger partial charge in [0.25, 0.3) is 11.8 Å². The maximum Gasteiger partial charge on any atom is 0.277 e. The van der Waals surface area contributed by atoms with Gasteiger partial charge in [-0.3, -0.25) is 34.4 Å². The largest absolute Gasteiger partial charge is 0.363 e. The fourth-order valence-electron chi connectivity index (χ4n) is 4.08. The van der Waals surface area contributed by atoms with Gasteiger partial charge in [-0.1, -0.05) is 18.2 Å². The van der Waals surface area contributed by atoms with Crippen LogP contribution in [0.4, 0.5) is 0 Å². The summed E-state index contributed by atoms with van der Waals surface area (Å²) < 4.78 is 4.47. The van der Waals surface area contributed by atoms with Crippen molar-refractivity contribution >= 4 is 35.2 Å². The van der Waals surface area contributed by atoms with Crippen LogP contribution < -0.4 is 5.32 Å². The lowest BCUT2D eigenvalue weighted by atomic mass is 10.0. The molecule has 1 aromatic carbocycles. The molecule has 2 aliphatic rings. The first-order valence-electron chi connectivity index (χ1n) is 10.9. The predicted molar refractivity (Wildman–Crippen MR) is 126 cm³/mol. The number of nitrogens with one attached hydrogen (secondary N) is 1. The first-order chi connectivity index (χ1) is 16.9. The van der Waals surface area contributed by atoms with Crippen molar-refractivity contribution in [3.05, 3.63) is 65.6 Å². The Bertz CT molecular complexity index is 1370. The summed E-state index contributed by atoms with van der Waals surface area (Å²) in [5.74, 6) is -1.61. The molecular formula is C24H20N6O4S. The number of pyridine rings is 1. The molecule has 10 nitrogen and oxygen atoms in total. The molecule has 1 N–H and O–H groups in total. The van der Waals surface area contributed by atoms with Gasteiger partial charge in [-0.15, -0.1) is 0 Å². The number of rotatable bonds is 6. The van der Waals surface area contributed by atoms with Gasteiger partial charge in [-0.25, -0.2) is 4.98 Å². The van der Waals surface area contributed by atoms with Crippen LogP contribution in [0.2, 0.25) is 0 Å². The highest BCUT2D eigenvalue weighted by atomic mass is 32.1. The number of hydrogen-bond acceptors (Lipinski definition) is 9. The number of likely N-dealkylation sites (N-methyl/N-ethyl adjacent to an activating group) is 1. The summed E-state index contributed by atoms with van der Waals surface area (Å²) >= 11 is 1.21. The third kappa shape index (κ3) is 4.45. The number of carbonyl (C=O) groups excluding carboxylic acids is 4. The van der Waals surface area contributed by atoms with Crippen LogP contribution >= 0.6 is 11.5 Å². The smallest absolute Gasteiger partial charge is 0.277 e. The quantitative estimate of drug-likeness (QED) is 0.521. The van der Waals surface area contributed by atoms with E-state index in [4.69, 9.17) is 0 Å². The van der Waals surface area contributed by atoms with E-state index in [-0.39, 0.29) is 25.1 Å². The molecule has 0 radical (unpaired) electrons. The molecule has 3 aromatic rings. The molecule has 11 heteroatoms. The fourth-order valence-corrected chi connectivity index (χ4v) is 4.79. The lowest BCUT2D eigenvalue weighted by molar-refractivity contribution is -0.150. The van der Waals surface area contributed by atoms with E-state index >= 15 is 0 Å². The SMILES string of the molecule is CN(Cc1nc(-c2cccc(-c3ccncc3)c2)ns1)C1=CC(=O)N(C2CCC(=O)NC2=O)C1=O. The third-order valence-electron chi connectivity index (χ3n) is 5.84. The number of benzene rings is 1. The van der Waals surface area contributed by atoms with Gasteiger partial charge in [-0.2, -0.15) is 4.37 Å². The van der Waals surface area contributed by atoms with E-state index in [2.05, 4.69) is 19.7 Å². The molecule has 176 valence electrons. The lowest BCUT2D eigenvalue weighted by Crippen LogP contribution is -2.54. The number of aromatic nitrogens is 3. The van der Waals surface area contributed by atoms with Crippen LogP contribution in [0.15, 0.2) is 60.6 Å². The Hall–Kier alpha value is -4.25. The minimum atomic E-state index is -0.990. The molecule has 0 saturated carbocycles. The van der Waals surface area contributed by atoms with E-state index in [1.165, 1.54) is 17.6 Å². The van der Waals surface area contributed by atoms with Crippen molar-refractivity contribution in [2.75, 3.05) is 7.05 Å². The fraction of sp³-hybridized carbons (Fsp3) is 0.208. The molecular weight excluding hydrogens is 468 g/mol. The average Bonchev–Trinajstić information content (AvgIpc) is 3.44. The molecule has 35 heavy (non-hydrogen) atoms. The van der Waals surface area contributed by atoms with Crippen LogP contribution in [0.1, 0.15) is 17.8 Å². The molecule has 2 aliphatic heterocycles. The van der Waals surface area contributed by atoms with Crippen LogP contribution in [-0.4, -0.2) is 60.9 Å². The van der Waals surface area contributed by atoms with Crippen LogP contribution in [0, 0.1) is 0 Å². The number of carbonyl (C=O) groups is 4. The highest BCUT2D eigenvalue weighted by Gasteiger charge is 2.43. The number of imide groups is 2. The van der Waals surface area contributed by atoms with Gasteiger partial charge in [0, 0.05) is 37.5 Å². The van der Waals surface area contributed by atoms with E-state index in [0.717, 1.165) is 21.6 Å². The monoisotopic (exact) mass is 488 g/mol. The van der Waals surface area contributed by atoms with E-state index in [1.807, 2.05) is 36.4 Å². The Kier molecular flexibility index (Phi) is 5.91. The van der Waals surface area contributed by atoms with Gasteiger partial charge in [0.05, 0.1) is 6.54 Å². The Balaban J connectivity index is 1.29. The van der Waals surface area contributed by atoms with Crippen molar-refractivity contribution in [3.63, 3.8) is 0 Å². The van der Waals surface area contributed by atoms with E-state index in [9.17, 15) is 19.2 Å². The van der Waals surface area contributed by atoms with E-state index < -0.39 is 29.7 Å². The van der Waals surface area contributed by atoms with E-state index in [1.54, 1.807) is 24.3 Å². The van der Waals surface area contributed by atoms with Crippen molar-refractivity contribution in [1.29, 1.82) is 0 Å². The average molecular weight is 489 g/mol. The minimum absolute atomic E-state index is 0.0779. The normalized spacial score (nSPS) is 18.0. The van der Waals surface area contributed by atoms with Crippen LogP contribution in [0.25, 0.3) is 22.5 Å². The molecule has 4 amide bonds. The van der Waals surface area contributed by atoms with Gasteiger partial charge >= 0.3 is 0 Å². The highest BCUT2D eigenvalue weighted by Crippen LogP contribution is 2.27. The van der Waals surface area contributed by atoms with Crippen molar-refractivity contribution in [3.8, 4) is 22.5 Å². The Morgan fingerprint density at radius 3 is 2.63 bits per heavy atom. The van der Waals surface area contributed by atoms with Crippen molar-refractivity contribution < 1.29 is 19.2 Å².